The van der Waals surface area contributed by atoms with Gasteiger partial charge in [-0.3, -0.25) is 0 Å². The van der Waals surface area contributed by atoms with E-state index in [1.54, 1.807) is 12.1 Å². The lowest BCUT2D eigenvalue weighted by Crippen LogP contribution is -2.07. The van der Waals surface area contributed by atoms with Crippen molar-refractivity contribution in [3.63, 3.8) is 0 Å². The molecule has 2 heteroatoms. The summed E-state index contributed by atoms with van der Waals surface area (Å²) < 4.78 is 28.7. The zero-order valence-electron chi connectivity index (χ0n) is 18.3. The molecule has 0 amide bonds. The van der Waals surface area contributed by atoms with Crippen LogP contribution in [0.4, 0.5) is 8.78 Å². The van der Waals surface area contributed by atoms with Gasteiger partial charge < -0.3 is 0 Å². The van der Waals surface area contributed by atoms with E-state index in [4.69, 9.17) is 0 Å². The lowest BCUT2D eigenvalue weighted by Gasteiger charge is -2.16. The highest BCUT2D eigenvalue weighted by Gasteiger charge is 2.25. The number of aryl methyl sites for hydroxylation is 2. The average Bonchev–Trinajstić information content (AvgIpc) is 2.75. The quantitative estimate of drug-likeness (QED) is 0.333. The van der Waals surface area contributed by atoms with Gasteiger partial charge in [0, 0.05) is 12.5 Å². The van der Waals surface area contributed by atoms with Crippen LogP contribution in [0.3, 0.4) is 0 Å². The number of hydrogen-bond acceptors (Lipinski definition) is 0. The summed E-state index contributed by atoms with van der Waals surface area (Å²) >= 11 is 0. The highest BCUT2D eigenvalue weighted by molar-refractivity contribution is 5.75. The highest BCUT2D eigenvalue weighted by atomic mass is 19.3. The Morgan fingerprint density at radius 1 is 0.633 bits per heavy atom. The second kappa shape index (κ2) is 10.0. The van der Waals surface area contributed by atoms with Crippen LogP contribution >= 0.6 is 0 Å². The molecule has 3 aromatic carbocycles. The van der Waals surface area contributed by atoms with Gasteiger partial charge in [0.2, 0.25) is 0 Å². The van der Waals surface area contributed by atoms with Crippen molar-refractivity contribution >= 4 is 0 Å². The van der Waals surface area contributed by atoms with E-state index >= 15 is 0 Å². The Hall–Kier alpha value is -2.48. The van der Waals surface area contributed by atoms with Crippen molar-refractivity contribution in [2.75, 3.05) is 0 Å². The van der Waals surface area contributed by atoms with Gasteiger partial charge in [-0.15, -0.1) is 0 Å². The van der Waals surface area contributed by atoms with Gasteiger partial charge in [-0.2, -0.15) is 0 Å². The molecule has 0 aliphatic rings. The van der Waals surface area contributed by atoms with Gasteiger partial charge in [-0.05, 0) is 77.3 Å². The van der Waals surface area contributed by atoms with Crippen molar-refractivity contribution in [2.45, 2.75) is 65.2 Å². The van der Waals surface area contributed by atoms with Crippen LogP contribution in [-0.2, 0) is 18.8 Å². The molecule has 3 aromatic rings. The highest BCUT2D eigenvalue weighted by Crippen LogP contribution is 2.35. The minimum atomic E-state index is -2.88. The first-order chi connectivity index (χ1) is 14.4. The Labute approximate surface area is 180 Å². The van der Waals surface area contributed by atoms with Crippen molar-refractivity contribution in [2.24, 2.45) is 0 Å². The SMILES string of the molecule is CCCCc1cccc(-c2cc(-c3cccc(CCCC)c3)cc(C(C)(F)F)c2)c1. The van der Waals surface area contributed by atoms with E-state index in [0.717, 1.165) is 67.7 Å². The molecule has 0 nitrogen and oxygen atoms in total. The van der Waals surface area contributed by atoms with Crippen molar-refractivity contribution in [1.29, 1.82) is 0 Å². The summed E-state index contributed by atoms with van der Waals surface area (Å²) in [6.45, 7) is 5.33. The van der Waals surface area contributed by atoms with Crippen LogP contribution in [0.5, 0.6) is 0 Å². The van der Waals surface area contributed by atoms with E-state index in [9.17, 15) is 8.78 Å². The molecule has 0 saturated heterocycles. The molecule has 0 aliphatic heterocycles. The van der Waals surface area contributed by atoms with Crippen molar-refractivity contribution in [3.05, 3.63) is 83.4 Å². The van der Waals surface area contributed by atoms with Crippen molar-refractivity contribution in [3.8, 4) is 22.3 Å². The van der Waals surface area contributed by atoms with E-state index in [1.807, 2.05) is 30.3 Å². The lowest BCUT2D eigenvalue weighted by molar-refractivity contribution is 0.0175. The maximum atomic E-state index is 14.3. The first kappa shape index (κ1) is 22.2. The largest absolute Gasteiger partial charge is 0.270 e. The van der Waals surface area contributed by atoms with Crippen molar-refractivity contribution in [1.82, 2.24) is 0 Å². The number of benzene rings is 3. The van der Waals surface area contributed by atoms with Crippen LogP contribution < -0.4 is 0 Å². The summed E-state index contributed by atoms with van der Waals surface area (Å²) in [5, 5.41) is 0. The van der Waals surface area contributed by atoms with Gasteiger partial charge in [0.25, 0.3) is 5.92 Å². The topological polar surface area (TPSA) is 0 Å². The van der Waals surface area contributed by atoms with Crippen LogP contribution in [0.15, 0.2) is 66.7 Å². The molecule has 0 unspecified atom stereocenters. The Balaban J connectivity index is 2.06. The van der Waals surface area contributed by atoms with E-state index in [0.29, 0.717) is 0 Å². The Morgan fingerprint density at radius 2 is 1.10 bits per heavy atom. The molecule has 0 bridgehead atoms. The van der Waals surface area contributed by atoms with Gasteiger partial charge in [-0.25, -0.2) is 8.78 Å². The number of rotatable bonds is 9. The third-order valence-corrected chi connectivity index (χ3v) is 5.60. The van der Waals surface area contributed by atoms with Crippen LogP contribution in [0, 0.1) is 0 Å². The molecule has 0 radical (unpaired) electrons. The van der Waals surface area contributed by atoms with E-state index in [2.05, 4.69) is 38.1 Å². The minimum absolute atomic E-state index is 0.0629. The van der Waals surface area contributed by atoms with E-state index in [-0.39, 0.29) is 5.56 Å². The number of halogens is 2. The molecular formula is C28H32F2. The Morgan fingerprint density at radius 3 is 1.50 bits per heavy atom. The number of alkyl halides is 2. The van der Waals surface area contributed by atoms with Gasteiger partial charge in [0.15, 0.2) is 0 Å². The second-order valence-corrected chi connectivity index (χ2v) is 8.30. The average molecular weight is 407 g/mol. The van der Waals surface area contributed by atoms with Crippen LogP contribution in [0.1, 0.15) is 63.1 Å². The molecule has 0 aliphatic carbocycles. The van der Waals surface area contributed by atoms with Gasteiger partial charge in [0.1, 0.15) is 0 Å². The lowest BCUT2D eigenvalue weighted by atomic mass is 9.92. The molecule has 0 aromatic heterocycles. The van der Waals surface area contributed by atoms with E-state index < -0.39 is 5.92 Å². The second-order valence-electron chi connectivity index (χ2n) is 8.30. The fraction of sp³-hybridized carbons (Fsp3) is 0.357. The molecule has 30 heavy (non-hydrogen) atoms. The van der Waals surface area contributed by atoms with Gasteiger partial charge in [0.05, 0.1) is 0 Å². The molecule has 0 saturated carbocycles. The first-order valence-electron chi connectivity index (χ1n) is 11.1. The number of hydrogen-bond donors (Lipinski definition) is 0. The smallest absolute Gasteiger partial charge is 0.202 e. The van der Waals surface area contributed by atoms with Crippen LogP contribution in [0.25, 0.3) is 22.3 Å². The summed E-state index contributed by atoms with van der Waals surface area (Å²) in [7, 11) is 0. The third kappa shape index (κ3) is 5.78. The molecule has 0 N–H and O–H groups in total. The zero-order valence-corrected chi connectivity index (χ0v) is 18.3. The Bertz CT molecular complexity index is 897. The molecular weight excluding hydrogens is 374 g/mol. The fourth-order valence-electron chi connectivity index (χ4n) is 3.79. The van der Waals surface area contributed by atoms with Gasteiger partial charge >= 0.3 is 0 Å². The molecule has 0 fully saturated rings. The molecule has 0 atom stereocenters. The zero-order chi connectivity index (χ0) is 21.6. The minimum Gasteiger partial charge on any atom is -0.202 e. The summed E-state index contributed by atoms with van der Waals surface area (Å²) in [6, 6.07) is 22.0. The fourth-order valence-corrected chi connectivity index (χ4v) is 3.79. The molecule has 0 heterocycles. The van der Waals surface area contributed by atoms with Crippen molar-refractivity contribution < 1.29 is 8.78 Å². The van der Waals surface area contributed by atoms with Crippen LogP contribution in [-0.4, -0.2) is 0 Å². The third-order valence-electron chi connectivity index (χ3n) is 5.60. The summed E-state index contributed by atoms with van der Waals surface area (Å²) in [6.07, 6.45) is 6.57. The molecule has 0 spiro atoms. The standard InChI is InChI=1S/C28H32F2/c1-4-6-10-21-12-8-14-23(16-21)25-18-26(20-27(19-25)28(3,29)30)24-15-9-13-22(17-24)11-7-5-2/h8-9,12-20H,4-7,10-11H2,1-3H3. The van der Waals surface area contributed by atoms with E-state index in [1.165, 1.54) is 11.1 Å². The maximum Gasteiger partial charge on any atom is 0.270 e. The first-order valence-corrected chi connectivity index (χ1v) is 11.1. The number of unbranched alkanes of at least 4 members (excludes halogenated alkanes) is 2. The summed E-state index contributed by atoms with van der Waals surface area (Å²) in [5.74, 6) is -2.88. The monoisotopic (exact) mass is 406 g/mol. The normalized spacial score (nSPS) is 11.6. The Kier molecular flexibility index (Phi) is 7.42. The summed E-state index contributed by atoms with van der Waals surface area (Å²) in [4.78, 5) is 0. The van der Waals surface area contributed by atoms with Crippen LogP contribution in [0.2, 0.25) is 0 Å². The maximum absolute atomic E-state index is 14.3. The van der Waals surface area contributed by atoms with Gasteiger partial charge in [-0.1, -0.05) is 75.2 Å². The summed E-state index contributed by atoms with van der Waals surface area (Å²) in [5.41, 5.74) is 6.27. The molecule has 158 valence electrons. The predicted molar refractivity (Wildman–Crippen MR) is 124 cm³/mol. The molecule has 3 rings (SSSR count). The predicted octanol–water partition coefficient (Wildman–Crippen LogP) is 8.82.